The van der Waals surface area contributed by atoms with Crippen molar-refractivity contribution >= 4 is 5.97 Å². The number of aliphatic carboxylic acids is 1. The van der Waals surface area contributed by atoms with Crippen molar-refractivity contribution in [3.05, 3.63) is 22.3 Å². The molecular weight excluding hydrogens is 156 g/mol. The first-order valence-electron chi connectivity index (χ1n) is 0.928. The van der Waals surface area contributed by atoms with Crippen LogP contribution in [-0.2, 0) is 21.9 Å². The summed E-state index contributed by atoms with van der Waals surface area (Å²) in [6.07, 6.45) is 0. The third-order valence-corrected chi connectivity index (χ3v) is 0. The third kappa shape index (κ3) is 1350000. The van der Waals surface area contributed by atoms with E-state index in [0.29, 0.717) is 0 Å². The van der Waals surface area contributed by atoms with E-state index >= 15 is 0 Å². The number of hydrogen-bond acceptors (Lipinski definition) is 1. The van der Waals surface area contributed by atoms with Gasteiger partial charge in [0, 0.05) is 24.0 Å². The zero-order chi connectivity index (χ0) is 3.58. The van der Waals surface area contributed by atoms with Crippen molar-refractivity contribution in [2.75, 3.05) is 0 Å². The second-order valence-electron chi connectivity index (χ2n) is 0.519. The largest absolute Gasteiger partial charge is 0.481 e. The molecule has 1 N–H and O–H groups in total. The number of carboxylic acids is 1. The van der Waals surface area contributed by atoms with E-state index in [1.165, 1.54) is 0 Å². The van der Waals surface area contributed by atoms with E-state index in [1.54, 1.807) is 0 Å². The van der Waals surface area contributed by atoms with Crippen LogP contribution in [0.4, 0.5) is 0 Å². The molecular formula is C5H13CuO2-3. The first-order valence-corrected chi connectivity index (χ1v) is 0.928. The van der Waals surface area contributed by atoms with Gasteiger partial charge in [0.05, 0.1) is 0 Å². The van der Waals surface area contributed by atoms with Gasteiger partial charge in [-0.1, -0.05) is 0 Å². The molecule has 0 atom stereocenters. The summed E-state index contributed by atoms with van der Waals surface area (Å²) in [5, 5.41) is 7.42. The molecule has 0 bridgehead atoms. The van der Waals surface area contributed by atoms with Crippen LogP contribution in [0, 0.1) is 22.3 Å². The Morgan fingerprint density at radius 1 is 1.25 bits per heavy atom. The van der Waals surface area contributed by atoms with Crippen molar-refractivity contribution in [3.63, 3.8) is 0 Å². The van der Waals surface area contributed by atoms with Crippen LogP contribution in [-0.4, -0.2) is 11.1 Å². The van der Waals surface area contributed by atoms with Gasteiger partial charge in [-0.3, -0.25) is 4.79 Å². The van der Waals surface area contributed by atoms with Gasteiger partial charge in [0.15, 0.2) is 0 Å². The molecule has 0 aliphatic carbocycles. The van der Waals surface area contributed by atoms with Crippen LogP contribution in [0.25, 0.3) is 0 Å². The molecule has 0 aromatic rings. The molecule has 59 valence electrons. The molecule has 0 saturated heterocycles. The zero-order valence-electron chi connectivity index (χ0n) is 5.66. The van der Waals surface area contributed by atoms with Gasteiger partial charge < -0.3 is 27.4 Å². The molecule has 1 radical (unpaired) electrons. The van der Waals surface area contributed by atoms with Gasteiger partial charge in [0.25, 0.3) is 5.97 Å². The summed E-state index contributed by atoms with van der Waals surface area (Å²) in [4.78, 5) is 9.00. The molecule has 8 heavy (non-hydrogen) atoms. The average molecular weight is 169 g/mol. The van der Waals surface area contributed by atoms with E-state index in [0.717, 1.165) is 6.92 Å². The third-order valence-electron chi connectivity index (χ3n) is 0. The maximum Gasteiger partial charge on any atom is 0.300 e. The molecule has 0 aromatic heterocycles. The molecule has 3 heteroatoms. The van der Waals surface area contributed by atoms with Crippen molar-refractivity contribution in [1.82, 2.24) is 0 Å². The maximum atomic E-state index is 9.00. The second-order valence-corrected chi connectivity index (χ2v) is 0.519. The summed E-state index contributed by atoms with van der Waals surface area (Å²) in [5.74, 6) is -0.833. The Bertz CT molecular complexity index is 33.4. The quantitative estimate of drug-likeness (QED) is 0.439. The SMILES string of the molecule is CC(=O)O.[CH3-].[CH3-].[CH3-].[Cu]. The molecule has 0 aromatic carbocycles. The van der Waals surface area contributed by atoms with Gasteiger partial charge in [0.1, 0.15) is 0 Å². The van der Waals surface area contributed by atoms with Crippen LogP contribution < -0.4 is 0 Å². The first-order chi connectivity index (χ1) is 1.73. The van der Waals surface area contributed by atoms with E-state index in [2.05, 4.69) is 0 Å². The van der Waals surface area contributed by atoms with Gasteiger partial charge in [0.2, 0.25) is 0 Å². The molecule has 2 nitrogen and oxygen atoms in total. The van der Waals surface area contributed by atoms with E-state index in [1.807, 2.05) is 0 Å². The molecule has 0 amide bonds. The molecule has 0 unspecified atom stereocenters. The fraction of sp³-hybridized carbons (Fsp3) is 0.200. The van der Waals surface area contributed by atoms with Crippen LogP contribution >= 0.6 is 0 Å². The monoisotopic (exact) mass is 168 g/mol. The molecule has 0 aliphatic rings. The Morgan fingerprint density at radius 2 is 1.25 bits per heavy atom. The van der Waals surface area contributed by atoms with Gasteiger partial charge >= 0.3 is 0 Å². The van der Waals surface area contributed by atoms with Crippen LogP contribution in [0.1, 0.15) is 6.92 Å². The molecule has 0 saturated carbocycles. The predicted octanol–water partition coefficient (Wildman–Crippen LogP) is 1.44. The Balaban J connectivity index is -0.00000000750. The number of rotatable bonds is 0. The summed E-state index contributed by atoms with van der Waals surface area (Å²) in [5.41, 5.74) is 0. The zero-order valence-corrected chi connectivity index (χ0v) is 6.60. The maximum absolute atomic E-state index is 9.00. The van der Waals surface area contributed by atoms with Crippen LogP contribution in [0.3, 0.4) is 0 Å². The fourth-order valence-electron chi connectivity index (χ4n) is 0. The van der Waals surface area contributed by atoms with E-state index in [-0.39, 0.29) is 39.3 Å². The van der Waals surface area contributed by atoms with Crippen molar-refractivity contribution in [2.45, 2.75) is 6.92 Å². The molecule has 0 spiro atoms. The summed E-state index contributed by atoms with van der Waals surface area (Å²) in [6.45, 7) is 1.08. The van der Waals surface area contributed by atoms with Crippen molar-refractivity contribution < 1.29 is 27.0 Å². The van der Waals surface area contributed by atoms with Crippen LogP contribution in [0.15, 0.2) is 0 Å². The summed E-state index contributed by atoms with van der Waals surface area (Å²) < 4.78 is 0. The minimum atomic E-state index is -0.833. The van der Waals surface area contributed by atoms with Crippen molar-refractivity contribution in [3.8, 4) is 0 Å². The number of carbonyl (C=O) groups is 1. The van der Waals surface area contributed by atoms with Crippen LogP contribution in [0.2, 0.25) is 0 Å². The van der Waals surface area contributed by atoms with E-state index in [4.69, 9.17) is 9.90 Å². The topological polar surface area (TPSA) is 37.3 Å². The van der Waals surface area contributed by atoms with Gasteiger partial charge in [-0.25, -0.2) is 0 Å². The Morgan fingerprint density at radius 3 is 1.25 bits per heavy atom. The Labute approximate surface area is 62.8 Å². The van der Waals surface area contributed by atoms with Gasteiger partial charge in [-0.2, -0.15) is 0 Å². The number of hydrogen-bond donors (Lipinski definition) is 1. The normalized spacial score (nSPS) is 3.12. The minimum absolute atomic E-state index is 0. The molecule has 0 heterocycles. The smallest absolute Gasteiger partial charge is 0.300 e. The Hall–Kier alpha value is -0.0105. The minimum Gasteiger partial charge on any atom is -0.481 e. The summed E-state index contributed by atoms with van der Waals surface area (Å²) in [7, 11) is 0. The summed E-state index contributed by atoms with van der Waals surface area (Å²) >= 11 is 0. The summed E-state index contributed by atoms with van der Waals surface area (Å²) in [6, 6.07) is 0. The molecule has 0 aliphatic heterocycles. The predicted molar refractivity (Wildman–Crippen MR) is 32.6 cm³/mol. The Kier molecular flexibility index (Phi) is 153. The van der Waals surface area contributed by atoms with Crippen molar-refractivity contribution in [1.29, 1.82) is 0 Å². The first kappa shape index (κ1) is 43.7. The van der Waals surface area contributed by atoms with E-state index in [9.17, 15) is 0 Å². The van der Waals surface area contributed by atoms with Crippen molar-refractivity contribution in [2.24, 2.45) is 0 Å². The average Bonchev–Trinajstić information content (AvgIpc) is 0.811. The van der Waals surface area contributed by atoms with Gasteiger partial charge in [-0.05, 0) is 0 Å². The fourth-order valence-corrected chi connectivity index (χ4v) is 0. The van der Waals surface area contributed by atoms with E-state index < -0.39 is 5.97 Å². The second kappa shape index (κ2) is 28.1. The van der Waals surface area contributed by atoms with Gasteiger partial charge in [-0.15, -0.1) is 0 Å². The standard InChI is InChI=1S/C2H4O2.3CH3.Cu/c1-2(3)4;;;;/h1H3,(H,3,4);3*1H3;/q;3*-1;. The van der Waals surface area contributed by atoms with Crippen LogP contribution in [0.5, 0.6) is 0 Å². The number of carboxylic acid groups (broad SMARTS) is 1. The molecule has 0 rings (SSSR count). The molecule has 0 fully saturated rings.